The van der Waals surface area contributed by atoms with Crippen LogP contribution >= 0.6 is 0 Å². The number of urea groups is 1. The topological polar surface area (TPSA) is 134 Å². The molecule has 0 bridgehead atoms. The number of anilines is 3. The summed E-state index contributed by atoms with van der Waals surface area (Å²) in [5.74, 6) is -0.409. The number of piperidine rings is 1. The molecule has 4 amide bonds. The minimum Gasteiger partial charge on any atom is -0.381 e. The van der Waals surface area contributed by atoms with E-state index in [2.05, 4.69) is 84.6 Å². The molecule has 13 heteroatoms. The summed E-state index contributed by atoms with van der Waals surface area (Å²) in [4.78, 5) is 65.2. The van der Waals surface area contributed by atoms with E-state index in [1.807, 2.05) is 45.0 Å². The third-order valence-corrected chi connectivity index (χ3v) is 13.5. The van der Waals surface area contributed by atoms with Gasteiger partial charge in [0.05, 0.1) is 0 Å². The minimum absolute atomic E-state index is 0.155. The first-order chi connectivity index (χ1) is 30.0. The Balaban J connectivity index is 0.890. The summed E-state index contributed by atoms with van der Waals surface area (Å²) in [7, 11) is 0. The molecular formula is C49H62N8O5. The van der Waals surface area contributed by atoms with E-state index in [1.165, 1.54) is 11.3 Å². The van der Waals surface area contributed by atoms with E-state index < -0.39 is 0 Å². The van der Waals surface area contributed by atoms with Crippen LogP contribution in [0.15, 0.2) is 71.5 Å². The number of hydrogen-bond donors (Lipinski definition) is 3. The van der Waals surface area contributed by atoms with Crippen LogP contribution in [-0.4, -0.2) is 110 Å². The molecule has 1 aromatic heterocycles. The zero-order chi connectivity index (χ0) is 43.3. The van der Waals surface area contributed by atoms with E-state index in [1.54, 1.807) is 4.90 Å². The van der Waals surface area contributed by atoms with Crippen LogP contribution in [-0.2, 0) is 22.6 Å². The second kappa shape index (κ2) is 19.3. The second-order valence-corrected chi connectivity index (χ2v) is 17.4. The summed E-state index contributed by atoms with van der Waals surface area (Å²) in [6.45, 7) is 17.9. The summed E-state index contributed by atoms with van der Waals surface area (Å²) in [5, 5.41) is 5.47. The van der Waals surface area contributed by atoms with Crippen molar-refractivity contribution in [2.24, 2.45) is 0 Å². The van der Waals surface area contributed by atoms with E-state index in [4.69, 9.17) is 4.74 Å². The molecule has 0 aliphatic carbocycles. The average molecular weight is 843 g/mol. The zero-order valence-electron chi connectivity index (χ0n) is 36.8. The maximum absolute atomic E-state index is 14.0. The number of aromatic nitrogens is 1. The Bertz CT molecular complexity index is 2290. The maximum atomic E-state index is 14.0. The van der Waals surface area contributed by atoms with Crippen LogP contribution in [0.25, 0.3) is 11.1 Å². The fourth-order valence-corrected chi connectivity index (χ4v) is 9.89. The Morgan fingerprint density at radius 1 is 0.806 bits per heavy atom. The van der Waals surface area contributed by atoms with Crippen LogP contribution in [0.5, 0.6) is 0 Å². The van der Waals surface area contributed by atoms with Crippen molar-refractivity contribution in [3.05, 3.63) is 111 Å². The Kier molecular flexibility index (Phi) is 13.4. The number of aromatic amines is 1. The lowest BCUT2D eigenvalue weighted by Gasteiger charge is -2.43. The molecule has 3 aromatic carbocycles. The monoisotopic (exact) mass is 842 g/mol. The van der Waals surface area contributed by atoms with Gasteiger partial charge >= 0.3 is 6.03 Å². The van der Waals surface area contributed by atoms with Crippen molar-refractivity contribution in [1.82, 2.24) is 25.4 Å². The molecule has 0 unspecified atom stereocenters. The SMILES string of the molecule is CCN(c1cc(-c2ccc(N3CCN(C4CCN(Cc5ccc(N6CCC(=O)NC6=O)cc5)CC4)CC3)cc2)cc(C(=O)NCc2c(C)cc(C)[nH]c2=O)c1C)C1CCOCC1. The van der Waals surface area contributed by atoms with Gasteiger partial charge in [0.1, 0.15) is 0 Å². The number of imide groups is 1. The lowest BCUT2D eigenvalue weighted by atomic mass is 9.95. The Hall–Kier alpha value is -5.50. The van der Waals surface area contributed by atoms with Crippen LogP contribution in [0, 0.1) is 20.8 Å². The van der Waals surface area contributed by atoms with Gasteiger partial charge in [-0.1, -0.05) is 24.3 Å². The number of piperazine rings is 1. The number of nitrogens with zero attached hydrogens (tertiary/aromatic N) is 5. The number of H-pyrrole nitrogens is 1. The number of carbonyl (C=O) groups is 3. The third-order valence-electron chi connectivity index (χ3n) is 13.5. The van der Waals surface area contributed by atoms with Crippen LogP contribution < -0.4 is 30.9 Å². The first-order valence-corrected chi connectivity index (χ1v) is 22.5. The molecule has 0 saturated carbocycles. The standard InChI is InChI=1S/C49H62N8O5/c1-5-56(42-17-26-62-27-18-42)45-30-38(29-43(35(45)4)47(59)50-31-44-33(2)28-34(3)51-48(44)60)37-8-12-39(13-9-37)54-22-24-55(25-23-54)40-14-19-53(20-15-40)32-36-6-10-41(11-7-36)57-21-16-46(58)52-49(57)61/h6-13,28-30,40,42H,5,14-27,31-32H2,1-4H3,(H,50,59)(H,51,60)(H,52,58,61). The molecule has 4 aliphatic rings. The summed E-state index contributed by atoms with van der Waals surface area (Å²) in [6, 6.07) is 23.7. The van der Waals surface area contributed by atoms with Crippen LogP contribution in [0.2, 0.25) is 0 Å². The molecule has 328 valence electrons. The van der Waals surface area contributed by atoms with Gasteiger partial charge in [-0.2, -0.15) is 0 Å². The molecular weight excluding hydrogens is 781 g/mol. The predicted octanol–water partition coefficient (Wildman–Crippen LogP) is 6.14. The highest BCUT2D eigenvalue weighted by Crippen LogP contribution is 2.35. The maximum Gasteiger partial charge on any atom is 0.328 e. The van der Waals surface area contributed by atoms with Gasteiger partial charge < -0.3 is 24.8 Å². The molecule has 0 atom stereocenters. The van der Waals surface area contributed by atoms with Crippen molar-refractivity contribution in [3.8, 4) is 11.1 Å². The van der Waals surface area contributed by atoms with Crippen molar-refractivity contribution in [1.29, 1.82) is 0 Å². The molecule has 0 radical (unpaired) electrons. The quantitative estimate of drug-likeness (QED) is 0.154. The fourth-order valence-electron chi connectivity index (χ4n) is 9.89. The Morgan fingerprint density at radius 3 is 2.16 bits per heavy atom. The van der Waals surface area contributed by atoms with Gasteiger partial charge in [-0.05, 0) is 137 Å². The number of amides is 4. The highest BCUT2D eigenvalue weighted by molar-refractivity contribution is 6.05. The van der Waals surface area contributed by atoms with Gasteiger partial charge in [0.2, 0.25) is 5.91 Å². The number of hydrogen-bond acceptors (Lipinski definition) is 9. The Labute approximate surface area is 365 Å². The van der Waals surface area contributed by atoms with Crippen LogP contribution in [0.1, 0.15) is 77.3 Å². The molecule has 8 rings (SSSR count). The molecule has 3 N–H and O–H groups in total. The first-order valence-electron chi connectivity index (χ1n) is 22.5. The lowest BCUT2D eigenvalue weighted by molar-refractivity contribution is -0.120. The lowest BCUT2D eigenvalue weighted by Crippen LogP contribution is -2.53. The van der Waals surface area contributed by atoms with Crippen LogP contribution in [0.4, 0.5) is 21.9 Å². The largest absolute Gasteiger partial charge is 0.381 e. The van der Waals surface area contributed by atoms with Crippen molar-refractivity contribution < 1.29 is 19.1 Å². The van der Waals surface area contributed by atoms with E-state index in [-0.39, 0.29) is 29.9 Å². The molecule has 0 spiro atoms. The minimum atomic E-state index is -0.351. The number of ether oxygens (including phenoxy) is 1. The third kappa shape index (κ3) is 9.75. The molecule has 4 saturated heterocycles. The smallest absolute Gasteiger partial charge is 0.328 e. The van der Waals surface area contributed by atoms with Crippen molar-refractivity contribution >= 4 is 34.9 Å². The van der Waals surface area contributed by atoms with Crippen LogP contribution in [0.3, 0.4) is 0 Å². The van der Waals surface area contributed by atoms with E-state index >= 15 is 0 Å². The molecule has 4 aliphatic heterocycles. The number of aryl methyl sites for hydroxylation is 2. The Morgan fingerprint density at radius 2 is 1.50 bits per heavy atom. The zero-order valence-corrected chi connectivity index (χ0v) is 36.8. The van der Waals surface area contributed by atoms with Gasteiger partial charge in [-0.25, -0.2) is 4.79 Å². The summed E-state index contributed by atoms with van der Waals surface area (Å²) >= 11 is 0. The van der Waals surface area contributed by atoms with Crippen molar-refractivity contribution in [2.75, 3.05) is 80.3 Å². The van der Waals surface area contributed by atoms with E-state index in [0.29, 0.717) is 36.2 Å². The number of nitrogens with one attached hydrogen (secondary N) is 3. The van der Waals surface area contributed by atoms with Gasteiger partial charge in [0.25, 0.3) is 11.5 Å². The highest BCUT2D eigenvalue weighted by Gasteiger charge is 2.29. The molecule has 4 aromatic rings. The van der Waals surface area contributed by atoms with Gasteiger partial charge in [0.15, 0.2) is 0 Å². The highest BCUT2D eigenvalue weighted by atomic mass is 16.5. The van der Waals surface area contributed by atoms with E-state index in [0.717, 1.165) is 131 Å². The van der Waals surface area contributed by atoms with E-state index in [9.17, 15) is 19.2 Å². The molecule has 62 heavy (non-hydrogen) atoms. The summed E-state index contributed by atoms with van der Waals surface area (Å²) in [5.41, 5.74) is 10.0. The van der Waals surface area contributed by atoms with Gasteiger partial charge in [0, 0.05) is 118 Å². The number of carbonyl (C=O) groups excluding carboxylic acids is 3. The van der Waals surface area contributed by atoms with Gasteiger partial charge in [-0.15, -0.1) is 0 Å². The normalized spacial score (nSPS) is 18.5. The summed E-state index contributed by atoms with van der Waals surface area (Å²) in [6.07, 6.45) is 4.52. The first kappa shape index (κ1) is 43.2. The second-order valence-electron chi connectivity index (χ2n) is 17.4. The predicted molar refractivity (Wildman–Crippen MR) is 245 cm³/mol. The van der Waals surface area contributed by atoms with Crippen molar-refractivity contribution in [3.63, 3.8) is 0 Å². The average Bonchev–Trinajstić information content (AvgIpc) is 3.28. The number of likely N-dealkylation sites (tertiary alicyclic amines) is 1. The molecule has 13 nitrogen and oxygen atoms in total. The number of rotatable bonds is 12. The molecule has 4 fully saturated rings. The summed E-state index contributed by atoms with van der Waals surface area (Å²) < 4.78 is 5.71. The van der Waals surface area contributed by atoms with Crippen molar-refractivity contribution in [2.45, 2.75) is 85.0 Å². The number of pyridine rings is 1. The number of benzene rings is 3. The molecule has 5 heterocycles. The van der Waals surface area contributed by atoms with Gasteiger partial charge in [-0.3, -0.25) is 34.4 Å². The fraction of sp³-hybridized carbons (Fsp3) is 0.469.